The molecule has 64 heavy (non-hydrogen) atoms. The van der Waals surface area contributed by atoms with Crippen LogP contribution in [0.4, 0.5) is 17.1 Å². The smallest absolute Gasteiger partial charge is 0.136 e. The Labute approximate surface area is 375 Å². The molecule has 2 atom stereocenters. The van der Waals surface area contributed by atoms with Crippen molar-refractivity contribution >= 4 is 70.5 Å². The Hall–Kier alpha value is -7.92. The lowest BCUT2D eigenvalue weighted by Crippen LogP contribution is -2.15. The van der Waals surface area contributed by atoms with Gasteiger partial charge in [0.15, 0.2) is 0 Å². The highest BCUT2D eigenvalue weighted by atomic mass is 32.1. The van der Waals surface area contributed by atoms with Gasteiger partial charge in [0.2, 0.25) is 0 Å². The number of ether oxygens (including phenoxy) is 1. The molecule has 2 aromatic heterocycles. The first-order valence-corrected chi connectivity index (χ1v) is 22.7. The zero-order valence-electron chi connectivity index (χ0n) is 34.7. The molecular formula is C60H39NO2S. The number of fused-ring (bicyclic) bond motifs is 9. The minimum atomic E-state index is -0.0286. The number of anilines is 3. The molecule has 0 fully saturated rings. The van der Waals surface area contributed by atoms with Crippen LogP contribution in [0.5, 0.6) is 5.75 Å². The maximum Gasteiger partial charge on any atom is 0.136 e. The number of allylic oxidation sites excluding steroid dienone is 2. The van der Waals surface area contributed by atoms with Crippen molar-refractivity contribution in [1.82, 2.24) is 0 Å². The third kappa shape index (κ3) is 5.87. The van der Waals surface area contributed by atoms with E-state index in [1.165, 1.54) is 48.0 Å². The zero-order chi connectivity index (χ0) is 42.1. The van der Waals surface area contributed by atoms with Crippen molar-refractivity contribution in [3.05, 3.63) is 230 Å². The van der Waals surface area contributed by atoms with Crippen LogP contribution in [0, 0.1) is 0 Å². The summed E-state index contributed by atoms with van der Waals surface area (Å²) >= 11 is 1.85. The van der Waals surface area contributed by atoms with Crippen LogP contribution in [0.1, 0.15) is 11.5 Å². The van der Waals surface area contributed by atoms with Gasteiger partial charge < -0.3 is 14.1 Å². The summed E-state index contributed by atoms with van der Waals surface area (Å²) in [6.45, 7) is 0. The molecule has 2 unspecified atom stereocenters. The first-order chi connectivity index (χ1) is 31.7. The Balaban J connectivity index is 1.04. The van der Waals surface area contributed by atoms with E-state index in [1.807, 2.05) is 11.3 Å². The third-order valence-electron chi connectivity index (χ3n) is 13.0. The molecule has 3 nitrogen and oxygen atoms in total. The largest absolute Gasteiger partial charge is 0.485 e. The van der Waals surface area contributed by atoms with E-state index in [0.29, 0.717) is 0 Å². The van der Waals surface area contributed by atoms with Gasteiger partial charge in [-0.25, -0.2) is 0 Å². The zero-order valence-corrected chi connectivity index (χ0v) is 35.5. The highest BCUT2D eigenvalue weighted by molar-refractivity contribution is 7.25. The van der Waals surface area contributed by atoms with E-state index in [0.717, 1.165) is 67.0 Å². The fourth-order valence-electron chi connectivity index (χ4n) is 10.2. The average Bonchev–Trinajstić information content (AvgIpc) is 4.06. The number of para-hydroxylation sites is 2. The van der Waals surface area contributed by atoms with Crippen molar-refractivity contribution in [3.8, 4) is 50.3 Å². The van der Waals surface area contributed by atoms with E-state index in [2.05, 4.69) is 229 Å². The van der Waals surface area contributed by atoms with Gasteiger partial charge in [0.05, 0.1) is 5.69 Å². The predicted molar refractivity (Wildman–Crippen MR) is 268 cm³/mol. The third-order valence-corrected chi connectivity index (χ3v) is 14.2. The monoisotopic (exact) mass is 837 g/mol. The van der Waals surface area contributed by atoms with Crippen LogP contribution in [0.15, 0.2) is 229 Å². The normalized spacial score (nSPS) is 15.2. The Bertz CT molecular complexity index is 3650. The second kappa shape index (κ2) is 14.9. The molecule has 0 amide bonds. The summed E-state index contributed by atoms with van der Waals surface area (Å²) in [5, 5.41) is 4.75. The van der Waals surface area contributed by atoms with Gasteiger partial charge in [0.25, 0.3) is 0 Å². The topological polar surface area (TPSA) is 25.6 Å². The number of rotatable bonds is 7. The molecule has 2 aliphatic rings. The molecule has 302 valence electrons. The van der Waals surface area contributed by atoms with E-state index in [4.69, 9.17) is 9.15 Å². The lowest BCUT2D eigenvalue weighted by atomic mass is 9.81. The summed E-state index contributed by atoms with van der Waals surface area (Å²) in [6.07, 6.45) is 8.69. The Morgan fingerprint density at radius 1 is 0.438 bits per heavy atom. The Morgan fingerprint density at radius 2 is 1.09 bits per heavy atom. The number of nitrogens with zero attached hydrogens (tertiary/aromatic N) is 1. The van der Waals surface area contributed by atoms with E-state index >= 15 is 0 Å². The minimum Gasteiger partial charge on any atom is -0.485 e. The standard InChI is InChI=1S/C60H39NO2S/c1-3-15-38(16-4-1)43-19-7-11-23-50(43)61(42-31-36-56-49(37-42)44-20-10-14-26-55(44)64-56)41-29-27-40(28-30-41)58-46(33-35-54-60(58)48-22-9-13-25-52(48)63-54)45-32-34-53-59(47-21-8-12-24-51(47)62-53)57(45)39-17-5-2-6-18-39/h1-37,47,51H. The van der Waals surface area contributed by atoms with Gasteiger partial charge in [0.1, 0.15) is 23.0 Å². The Morgan fingerprint density at radius 3 is 1.95 bits per heavy atom. The SMILES string of the molecule is C1=CC2Oc3ccc(-c4ccc5oc6ccccc6c5c4-c4ccc(N(c5ccc6sc7ccccc7c6c5)c5ccccc5-c5ccccc5)cc4)c(-c4ccccc4)c3C2C=C1. The molecular weight excluding hydrogens is 799 g/mol. The average molecular weight is 838 g/mol. The Kier molecular flexibility index (Phi) is 8.53. The molecule has 0 spiro atoms. The summed E-state index contributed by atoms with van der Waals surface area (Å²) in [5.41, 5.74) is 15.5. The summed E-state index contributed by atoms with van der Waals surface area (Å²) in [7, 11) is 0. The van der Waals surface area contributed by atoms with Gasteiger partial charge >= 0.3 is 0 Å². The molecule has 0 saturated heterocycles. The molecule has 4 heteroatoms. The van der Waals surface area contributed by atoms with Crippen LogP contribution in [-0.2, 0) is 0 Å². The lowest BCUT2D eigenvalue weighted by molar-refractivity contribution is 0.269. The van der Waals surface area contributed by atoms with E-state index < -0.39 is 0 Å². The number of hydrogen-bond donors (Lipinski definition) is 0. The second-order valence-corrected chi connectivity index (χ2v) is 17.7. The first-order valence-electron chi connectivity index (χ1n) is 21.9. The molecule has 0 bridgehead atoms. The quantitative estimate of drug-likeness (QED) is 0.160. The van der Waals surface area contributed by atoms with E-state index in [-0.39, 0.29) is 12.0 Å². The molecule has 13 rings (SSSR count). The van der Waals surface area contributed by atoms with Crippen molar-refractivity contribution in [1.29, 1.82) is 0 Å². The van der Waals surface area contributed by atoms with Crippen molar-refractivity contribution < 1.29 is 9.15 Å². The van der Waals surface area contributed by atoms with Gasteiger partial charge in [-0.15, -0.1) is 11.3 Å². The fourth-order valence-corrected chi connectivity index (χ4v) is 11.3. The van der Waals surface area contributed by atoms with E-state index in [9.17, 15) is 0 Å². The van der Waals surface area contributed by atoms with Crippen LogP contribution in [0.25, 0.3) is 86.6 Å². The van der Waals surface area contributed by atoms with Gasteiger partial charge in [-0.3, -0.25) is 0 Å². The highest BCUT2D eigenvalue weighted by Crippen LogP contribution is 2.53. The summed E-state index contributed by atoms with van der Waals surface area (Å²) in [6, 6.07) is 72.4. The van der Waals surface area contributed by atoms with Crippen LogP contribution in [0.2, 0.25) is 0 Å². The maximum absolute atomic E-state index is 6.62. The maximum atomic E-state index is 6.62. The van der Waals surface area contributed by atoms with Crippen LogP contribution in [-0.4, -0.2) is 6.10 Å². The van der Waals surface area contributed by atoms with Crippen LogP contribution < -0.4 is 9.64 Å². The number of benzene rings is 9. The number of thiophene rings is 1. The summed E-state index contributed by atoms with van der Waals surface area (Å²) in [4.78, 5) is 2.42. The molecule has 3 heterocycles. The molecule has 9 aromatic carbocycles. The highest BCUT2D eigenvalue weighted by Gasteiger charge is 2.36. The second-order valence-electron chi connectivity index (χ2n) is 16.6. The van der Waals surface area contributed by atoms with Gasteiger partial charge in [-0.1, -0.05) is 152 Å². The van der Waals surface area contributed by atoms with Crippen molar-refractivity contribution in [2.24, 2.45) is 0 Å². The van der Waals surface area contributed by atoms with Gasteiger partial charge in [-0.05, 0) is 106 Å². The van der Waals surface area contributed by atoms with Gasteiger partial charge in [0, 0.05) is 64.9 Å². The number of hydrogen-bond acceptors (Lipinski definition) is 4. The molecule has 11 aromatic rings. The fraction of sp³-hybridized carbons (Fsp3) is 0.0333. The molecule has 1 aliphatic carbocycles. The summed E-state index contributed by atoms with van der Waals surface area (Å²) < 4.78 is 15.8. The van der Waals surface area contributed by atoms with Crippen molar-refractivity contribution in [2.75, 3.05) is 4.90 Å². The van der Waals surface area contributed by atoms with Crippen LogP contribution >= 0.6 is 11.3 Å². The first kappa shape index (κ1) is 36.7. The summed E-state index contributed by atoms with van der Waals surface area (Å²) in [5.74, 6) is 1.06. The molecule has 0 radical (unpaired) electrons. The lowest BCUT2D eigenvalue weighted by Gasteiger charge is -2.28. The predicted octanol–water partition coefficient (Wildman–Crippen LogP) is 17.1. The van der Waals surface area contributed by atoms with Crippen LogP contribution in [0.3, 0.4) is 0 Å². The van der Waals surface area contributed by atoms with Crippen molar-refractivity contribution in [2.45, 2.75) is 12.0 Å². The van der Waals surface area contributed by atoms with E-state index in [1.54, 1.807) is 0 Å². The molecule has 0 saturated carbocycles. The van der Waals surface area contributed by atoms with Gasteiger partial charge in [-0.2, -0.15) is 0 Å². The van der Waals surface area contributed by atoms with Crippen molar-refractivity contribution in [3.63, 3.8) is 0 Å². The molecule has 1 aliphatic heterocycles. The molecule has 0 N–H and O–H groups in total. The minimum absolute atomic E-state index is 0.0286. The number of furan rings is 1.